The normalized spacial score (nSPS) is 17.4. The molecule has 1 heterocycles. The summed E-state index contributed by atoms with van der Waals surface area (Å²) in [5.41, 5.74) is 1.30. The van der Waals surface area contributed by atoms with Crippen molar-refractivity contribution in [2.24, 2.45) is 0 Å². The maximum atomic E-state index is 12.8. The average Bonchev–Trinajstić information content (AvgIpc) is 2.95. The fraction of sp³-hybridized carbons (Fsp3) is 0.421. The first kappa shape index (κ1) is 21.2. The van der Waals surface area contributed by atoms with Crippen molar-refractivity contribution in [1.29, 1.82) is 0 Å². The molecule has 3 rings (SSSR count). The Morgan fingerprint density at radius 1 is 1.10 bits per heavy atom. The summed E-state index contributed by atoms with van der Waals surface area (Å²) in [6.45, 7) is -1.26. The Morgan fingerprint density at radius 3 is 2.43 bits per heavy atom. The Bertz CT molecular complexity index is 866. The predicted octanol–water partition coefficient (Wildman–Crippen LogP) is 0.385. The fourth-order valence-corrected chi connectivity index (χ4v) is 3.43. The molecule has 0 atom stereocenters. The summed E-state index contributed by atoms with van der Waals surface area (Å²) in [6.07, 6.45) is 3.59. The second-order valence-electron chi connectivity index (χ2n) is 7.10. The van der Waals surface area contributed by atoms with Crippen LogP contribution in [0.25, 0.3) is 0 Å². The van der Waals surface area contributed by atoms with Crippen molar-refractivity contribution in [2.45, 2.75) is 37.6 Å². The van der Waals surface area contributed by atoms with E-state index >= 15 is 0 Å². The van der Waals surface area contributed by atoms with Crippen LogP contribution in [0.4, 0.5) is 9.18 Å². The molecular formula is C19H21FN4O6. The maximum Gasteiger partial charge on any atom is 0.344 e. The van der Waals surface area contributed by atoms with Crippen molar-refractivity contribution in [2.75, 3.05) is 13.2 Å². The molecule has 0 unspecified atom stereocenters. The number of esters is 1. The molecule has 1 saturated carbocycles. The number of rotatable bonds is 6. The number of halogens is 1. The van der Waals surface area contributed by atoms with E-state index in [1.54, 1.807) is 0 Å². The van der Waals surface area contributed by atoms with E-state index in [0.29, 0.717) is 17.9 Å². The van der Waals surface area contributed by atoms with Crippen LogP contribution in [0.1, 0.15) is 42.5 Å². The van der Waals surface area contributed by atoms with Gasteiger partial charge in [0.1, 0.15) is 17.9 Å². The first-order valence-electron chi connectivity index (χ1n) is 9.46. The highest BCUT2D eigenvalue weighted by Gasteiger charge is 2.52. The third-order valence-corrected chi connectivity index (χ3v) is 4.97. The Morgan fingerprint density at radius 2 is 1.77 bits per heavy atom. The molecule has 1 aromatic carbocycles. The van der Waals surface area contributed by atoms with Crippen LogP contribution in [0.3, 0.4) is 0 Å². The van der Waals surface area contributed by atoms with Gasteiger partial charge in [-0.1, -0.05) is 19.3 Å². The van der Waals surface area contributed by atoms with Gasteiger partial charge < -0.3 is 15.4 Å². The third-order valence-electron chi connectivity index (χ3n) is 4.97. The Kier molecular flexibility index (Phi) is 6.28. The third kappa shape index (κ3) is 4.73. The molecule has 0 aromatic heterocycles. The number of ether oxygens (including phenoxy) is 1. The minimum atomic E-state index is -0.982. The van der Waals surface area contributed by atoms with Gasteiger partial charge in [0.2, 0.25) is 0 Å². The molecule has 2 fully saturated rings. The summed E-state index contributed by atoms with van der Waals surface area (Å²) >= 11 is 0. The molecule has 1 aliphatic carbocycles. The van der Waals surface area contributed by atoms with E-state index in [1.165, 1.54) is 12.1 Å². The molecule has 1 aliphatic heterocycles. The molecule has 1 aromatic rings. The lowest BCUT2D eigenvalue weighted by molar-refractivity contribution is -0.150. The Labute approximate surface area is 171 Å². The quantitative estimate of drug-likeness (QED) is 0.450. The average molecular weight is 420 g/mol. The summed E-state index contributed by atoms with van der Waals surface area (Å²) in [5, 5.41) is 5.52. The topological polar surface area (TPSA) is 134 Å². The van der Waals surface area contributed by atoms with Gasteiger partial charge in [-0.2, -0.15) is 5.01 Å². The monoisotopic (exact) mass is 420 g/mol. The molecule has 11 heteroatoms. The number of nitrogens with zero attached hydrogens (tertiary/aromatic N) is 1. The molecule has 0 radical (unpaired) electrons. The molecule has 2 aliphatic rings. The first-order chi connectivity index (χ1) is 14.3. The summed E-state index contributed by atoms with van der Waals surface area (Å²) < 4.78 is 17.6. The number of urea groups is 1. The summed E-state index contributed by atoms with van der Waals surface area (Å²) in [5.74, 6) is -3.42. The lowest BCUT2D eigenvalue weighted by atomic mass is 9.82. The van der Waals surface area contributed by atoms with Crippen LogP contribution in [0, 0.1) is 5.82 Å². The molecule has 1 spiro atoms. The van der Waals surface area contributed by atoms with Crippen LogP contribution in [-0.2, 0) is 19.1 Å². The number of imide groups is 1. The predicted molar refractivity (Wildman–Crippen MR) is 99.0 cm³/mol. The SMILES string of the molecule is O=C(COC(=O)CNC(=O)c1ccc(F)cc1)NN1C(=O)NC2(CCCCC2)C1=O. The van der Waals surface area contributed by atoms with Gasteiger partial charge in [0.15, 0.2) is 6.61 Å². The van der Waals surface area contributed by atoms with Crippen molar-refractivity contribution < 1.29 is 33.1 Å². The van der Waals surface area contributed by atoms with Crippen LogP contribution in [0.5, 0.6) is 0 Å². The minimum absolute atomic E-state index is 0.150. The van der Waals surface area contributed by atoms with Gasteiger partial charge in [-0.05, 0) is 37.1 Å². The summed E-state index contributed by atoms with van der Waals surface area (Å²) in [6, 6.07) is 3.98. The van der Waals surface area contributed by atoms with Gasteiger partial charge in [0, 0.05) is 5.56 Å². The van der Waals surface area contributed by atoms with Gasteiger partial charge in [-0.25, -0.2) is 9.18 Å². The number of amides is 5. The van der Waals surface area contributed by atoms with Crippen LogP contribution >= 0.6 is 0 Å². The largest absolute Gasteiger partial charge is 0.454 e. The lowest BCUT2D eigenvalue weighted by Crippen LogP contribution is -2.51. The van der Waals surface area contributed by atoms with Gasteiger partial charge in [0.05, 0.1) is 0 Å². The molecule has 30 heavy (non-hydrogen) atoms. The maximum absolute atomic E-state index is 12.8. The van der Waals surface area contributed by atoms with Crippen LogP contribution < -0.4 is 16.1 Å². The van der Waals surface area contributed by atoms with Crippen LogP contribution in [-0.4, -0.2) is 53.4 Å². The van der Waals surface area contributed by atoms with Crippen LogP contribution in [0.15, 0.2) is 24.3 Å². The molecule has 160 valence electrons. The highest BCUT2D eigenvalue weighted by atomic mass is 19.1. The minimum Gasteiger partial charge on any atom is -0.454 e. The zero-order valence-electron chi connectivity index (χ0n) is 16.0. The van der Waals surface area contributed by atoms with Gasteiger partial charge >= 0.3 is 12.0 Å². The summed E-state index contributed by atoms with van der Waals surface area (Å²) in [4.78, 5) is 60.1. The second kappa shape index (κ2) is 8.89. The number of hydrazine groups is 1. The van der Waals surface area contributed by atoms with Crippen molar-refractivity contribution in [3.63, 3.8) is 0 Å². The van der Waals surface area contributed by atoms with E-state index in [1.807, 2.05) is 0 Å². The van der Waals surface area contributed by atoms with E-state index in [4.69, 9.17) is 4.74 Å². The molecule has 5 amide bonds. The number of hydrogen-bond donors (Lipinski definition) is 3. The van der Waals surface area contributed by atoms with Gasteiger partial charge in [-0.3, -0.25) is 24.6 Å². The molecule has 10 nitrogen and oxygen atoms in total. The number of benzene rings is 1. The second-order valence-corrected chi connectivity index (χ2v) is 7.10. The number of carbonyl (C=O) groups excluding carboxylic acids is 5. The first-order valence-corrected chi connectivity index (χ1v) is 9.46. The van der Waals surface area contributed by atoms with E-state index < -0.39 is 54.2 Å². The van der Waals surface area contributed by atoms with Gasteiger partial charge in [0.25, 0.3) is 17.7 Å². The number of nitrogens with one attached hydrogen (secondary N) is 3. The van der Waals surface area contributed by atoms with E-state index in [0.717, 1.165) is 31.4 Å². The highest BCUT2D eigenvalue weighted by Crippen LogP contribution is 2.32. The standard InChI is InChI=1S/C19H21FN4O6/c20-13-6-4-12(5-7-13)16(27)21-10-15(26)30-11-14(25)23-24-17(28)19(22-18(24)29)8-2-1-3-9-19/h4-7H,1-3,8-11H2,(H,21,27)(H,22,29)(H,23,25). The Balaban J connectivity index is 1.42. The zero-order chi connectivity index (χ0) is 21.7. The van der Waals surface area contributed by atoms with E-state index in [-0.39, 0.29) is 5.56 Å². The summed E-state index contributed by atoms with van der Waals surface area (Å²) in [7, 11) is 0. The lowest BCUT2D eigenvalue weighted by Gasteiger charge is -2.30. The van der Waals surface area contributed by atoms with Crippen LogP contribution in [0.2, 0.25) is 0 Å². The molecular weight excluding hydrogens is 399 g/mol. The van der Waals surface area contributed by atoms with E-state index in [9.17, 15) is 28.4 Å². The molecule has 0 bridgehead atoms. The molecule has 1 saturated heterocycles. The Hall–Kier alpha value is -3.50. The molecule has 3 N–H and O–H groups in total. The van der Waals surface area contributed by atoms with Crippen molar-refractivity contribution >= 4 is 29.7 Å². The van der Waals surface area contributed by atoms with Crippen molar-refractivity contribution in [3.8, 4) is 0 Å². The van der Waals surface area contributed by atoms with E-state index in [2.05, 4.69) is 16.1 Å². The smallest absolute Gasteiger partial charge is 0.344 e. The van der Waals surface area contributed by atoms with Gasteiger partial charge in [-0.15, -0.1) is 0 Å². The number of carbonyl (C=O) groups is 5. The number of hydrogen-bond acceptors (Lipinski definition) is 6. The highest BCUT2D eigenvalue weighted by molar-refractivity contribution is 6.08. The fourth-order valence-electron chi connectivity index (χ4n) is 3.43. The zero-order valence-corrected chi connectivity index (χ0v) is 16.0. The van der Waals surface area contributed by atoms with Crippen molar-refractivity contribution in [3.05, 3.63) is 35.6 Å². The van der Waals surface area contributed by atoms with Crippen molar-refractivity contribution in [1.82, 2.24) is 21.1 Å².